The second-order valence-electron chi connectivity index (χ2n) is 7.17. The molecule has 0 saturated carbocycles. The highest BCUT2D eigenvalue weighted by Gasteiger charge is 2.20. The molecule has 0 bridgehead atoms. The third-order valence-corrected chi connectivity index (χ3v) is 4.06. The summed E-state index contributed by atoms with van der Waals surface area (Å²) in [5.41, 5.74) is 0.225. The first-order valence-corrected chi connectivity index (χ1v) is 7.42. The number of piperidine rings is 1. The van der Waals surface area contributed by atoms with Gasteiger partial charge in [-0.2, -0.15) is 0 Å². The van der Waals surface area contributed by atoms with E-state index in [9.17, 15) is 0 Å². The van der Waals surface area contributed by atoms with Gasteiger partial charge < -0.3 is 15.1 Å². The van der Waals surface area contributed by atoms with Crippen LogP contribution in [0.25, 0.3) is 0 Å². The van der Waals surface area contributed by atoms with Crippen molar-refractivity contribution in [2.75, 3.05) is 40.3 Å². The van der Waals surface area contributed by atoms with Crippen LogP contribution in [-0.4, -0.2) is 61.7 Å². The van der Waals surface area contributed by atoms with Crippen molar-refractivity contribution in [3.63, 3.8) is 0 Å². The minimum atomic E-state index is 0.225. The lowest BCUT2D eigenvalue weighted by Gasteiger charge is -2.35. The van der Waals surface area contributed by atoms with Gasteiger partial charge in [0.05, 0.1) is 0 Å². The zero-order chi connectivity index (χ0) is 13.8. The van der Waals surface area contributed by atoms with Crippen LogP contribution < -0.4 is 5.32 Å². The molecule has 1 aliphatic rings. The summed E-state index contributed by atoms with van der Waals surface area (Å²) in [6, 6.07) is 0.615. The zero-order valence-electron chi connectivity index (χ0n) is 13.3. The highest BCUT2D eigenvalue weighted by Crippen LogP contribution is 2.17. The number of likely N-dealkylation sites (N-methyl/N-ethyl adjacent to an activating group) is 1. The summed E-state index contributed by atoms with van der Waals surface area (Å²) in [5.74, 6) is 0.892. The smallest absolute Gasteiger partial charge is 0.0189 e. The molecule has 0 aromatic rings. The Hall–Kier alpha value is -0.120. The molecule has 1 heterocycles. The van der Waals surface area contributed by atoms with Gasteiger partial charge in [0.1, 0.15) is 0 Å². The minimum Gasteiger partial charge on any atom is -0.311 e. The van der Waals surface area contributed by atoms with E-state index in [2.05, 4.69) is 56.9 Å². The van der Waals surface area contributed by atoms with Gasteiger partial charge in [0.25, 0.3) is 0 Å². The zero-order valence-corrected chi connectivity index (χ0v) is 13.3. The van der Waals surface area contributed by atoms with E-state index < -0.39 is 0 Å². The van der Waals surface area contributed by atoms with Crippen molar-refractivity contribution < 1.29 is 0 Å². The van der Waals surface area contributed by atoms with Crippen LogP contribution >= 0.6 is 0 Å². The normalized spacial score (nSPS) is 21.5. The first-order valence-electron chi connectivity index (χ1n) is 7.42. The van der Waals surface area contributed by atoms with Gasteiger partial charge in [-0.1, -0.05) is 0 Å². The predicted molar refractivity (Wildman–Crippen MR) is 80.1 cm³/mol. The number of hydrogen-bond acceptors (Lipinski definition) is 3. The molecular weight excluding hydrogens is 222 g/mol. The standard InChI is InChI=1S/C15H33N3/c1-13(11-16-15(2,3)4)18(6)12-14-7-9-17(5)10-8-14/h13-14,16H,7-12H2,1-6H3. The van der Waals surface area contributed by atoms with E-state index in [4.69, 9.17) is 0 Å². The highest BCUT2D eigenvalue weighted by atomic mass is 15.2. The second kappa shape index (κ2) is 6.88. The van der Waals surface area contributed by atoms with Crippen LogP contribution in [0, 0.1) is 5.92 Å². The molecular formula is C15H33N3. The summed E-state index contributed by atoms with van der Waals surface area (Å²) in [4.78, 5) is 4.97. The van der Waals surface area contributed by atoms with Gasteiger partial charge in [0.2, 0.25) is 0 Å². The number of nitrogens with one attached hydrogen (secondary N) is 1. The van der Waals surface area contributed by atoms with Gasteiger partial charge in [-0.25, -0.2) is 0 Å². The molecule has 18 heavy (non-hydrogen) atoms. The molecule has 0 radical (unpaired) electrons. The maximum absolute atomic E-state index is 3.60. The Bertz CT molecular complexity index is 226. The molecule has 0 spiro atoms. The average Bonchev–Trinajstić information content (AvgIpc) is 2.28. The van der Waals surface area contributed by atoms with Crippen molar-refractivity contribution in [3.8, 4) is 0 Å². The topological polar surface area (TPSA) is 18.5 Å². The van der Waals surface area contributed by atoms with E-state index in [0.29, 0.717) is 6.04 Å². The molecule has 0 aromatic carbocycles. The van der Waals surface area contributed by atoms with Gasteiger partial charge in [-0.05, 0) is 73.6 Å². The van der Waals surface area contributed by atoms with Gasteiger partial charge in [-0.15, -0.1) is 0 Å². The Morgan fingerprint density at radius 3 is 2.33 bits per heavy atom. The second-order valence-corrected chi connectivity index (χ2v) is 7.17. The third kappa shape index (κ3) is 6.17. The van der Waals surface area contributed by atoms with Crippen LogP contribution in [0.5, 0.6) is 0 Å². The van der Waals surface area contributed by atoms with Gasteiger partial charge in [0, 0.05) is 24.7 Å². The molecule has 1 atom stereocenters. The van der Waals surface area contributed by atoms with E-state index in [1.54, 1.807) is 0 Å². The molecule has 3 heteroatoms. The van der Waals surface area contributed by atoms with Crippen molar-refractivity contribution in [1.82, 2.24) is 15.1 Å². The number of likely N-dealkylation sites (tertiary alicyclic amines) is 1. The van der Waals surface area contributed by atoms with Gasteiger partial charge >= 0.3 is 0 Å². The van der Waals surface area contributed by atoms with Crippen molar-refractivity contribution in [2.45, 2.75) is 52.1 Å². The molecule has 1 aliphatic heterocycles. The van der Waals surface area contributed by atoms with Crippen molar-refractivity contribution in [2.24, 2.45) is 5.92 Å². The summed E-state index contributed by atoms with van der Waals surface area (Å²) < 4.78 is 0. The van der Waals surface area contributed by atoms with Gasteiger partial charge in [-0.3, -0.25) is 0 Å². The lowest BCUT2D eigenvalue weighted by molar-refractivity contribution is 0.150. The first kappa shape index (κ1) is 15.9. The first-order chi connectivity index (χ1) is 8.28. The fourth-order valence-corrected chi connectivity index (χ4v) is 2.44. The van der Waals surface area contributed by atoms with E-state index in [1.807, 2.05) is 0 Å². The maximum Gasteiger partial charge on any atom is 0.0189 e. The van der Waals surface area contributed by atoms with Gasteiger partial charge in [0.15, 0.2) is 0 Å². The largest absolute Gasteiger partial charge is 0.311 e. The Kier molecular flexibility index (Phi) is 6.09. The molecule has 108 valence electrons. The van der Waals surface area contributed by atoms with Crippen LogP contribution in [0.2, 0.25) is 0 Å². The fraction of sp³-hybridized carbons (Fsp3) is 1.00. The summed E-state index contributed by atoms with van der Waals surface area (Å²) in [5, 5.41) is 3.60. The molecule has 3 nitrogen and oxygen atoms in total. The van der Waals surface area contributed by atoms with E-state index in [0.717, 1.165) is 12.5 Å². The van der Waals surface area contributed by atoms with Crippen LogP contribution in [0.15, 0.2) is 0 Å². The predicted octanol–water partition coefficient (Wildman–Crippen LogP) is 2.04. The Labute approximate surface area is 114 Å². The molecule has 1 rings (SSSR count). The van der Waals surface area contributed by atoms with Crippen LogP contribution in [0.1, 0.15) is 40.5 Å². The van der Waals surface area contributed by atoms with Crippen molar-refractivity contribution >= 4 is 0 Å². The Balaban J connectivity index is 2.24. The van der Waals surface area contributed by atoms with E-state index in [1.165, 1.54) is 32.5 Å². The summed E-state index contributed by atoms with van der Waals surface area (Å²) in [7, 11) is 4.50. The summed E-state index contributed by atoms with van der Waals surface area (Å²) in [6.07, 6.45) is 2.72. The van der Waals surface area contributed by atoms with Crippen molar-refractivity contribution in [1.29, 1.82) is 0 Å². The lowest BCUT2D eigenvalue weighted by Crippen LogP contribution is -2.47. The SMILES string of the molecule is CC(CNC(C)(C)C)N(C)CC1CCN(C)CC1. The molecule has 1 fully saturated rings. The Morgan fingerprint density at radius 1 is 1.28 bits per heavy atom. The number of nitrogens with zero attached hydrogens (tertiary/aromatic N) is 2. The van der Waals surface area contributed by atoms with Crippen LogP contribution in [0.3, 0.4) is 0 Å². The average molecular weight is 255 g/mol. The van der Waals surface area contributed by atoms with Crippen molar-refractivity contribution in [3.05, 3.63) is 0 Å². The molecule has 1 unspecified atom stereocenters. The molecule has 1 saturated heterocycles. The highest BCUT2D eigenvalue weighted by molar-refractivity contribution is 4.78. The van der Waals surface area contributed by atoms with E-state index in [-0.39, 0.29) is 5.54 Å². The number of hydrogen-bond donors (Lipinski definition) is 1. The minimum absolute atomic E-state index is 0.225. The molecule has 1 N–H and O–H groups in total. The summed E-state index contributed by atoms with van der Waals surface area (Å²) >= 11 is 0. The lowest BCUT2D eigenvalue weighted by atomic mass is 9.96. The maximum atomic E-state index is 3.60. The quantitative estimate of drug-likeness (QED) is 0.811. The molecule has 0 aromatic heterocycles. The van der Waals surface area contributed by atoms with Crippen LogP contribution in [0.4, 0.5) is 0 Å². The van der Waals surface area contributed by atoms with E-state index >= 15 is 0 Å². The molecule has 0 amide bonds. The summed E-state index contributed by atoms with van der Waals surface area (Å²) in [6.45, 7) is 13.9. The van der Waals surface area contributed by atoms with Crippen LogP contribution in [-0.2, 0) is 0 Å². The number of rotatable bonds is 5. The molecule has 0 aliphatic carbocycles. The monoisotopic (exact) mass is 255 g/mol. The Morgan fingerprint density at radius 2 is 1.83 bits per heavy atom. The fourth-order valence-electron chi connectivity index (χ4n) is 2.44. The third-order valence-electron chi connectivity index (χ3n) is 4.06.